The number of hydrogen-bond acceptors (Lipinski definition) is 2. The van der Waals surface area contributed by atoms with Gasteiger partial charge in [-0.2, -0.15) is 0 Å². The molecule has 1 aromatic heterocycles. The largest absolute Gasteiger partial charge is 0.481 e. The third-order valence-corrected chi connectivity index (χ3v) is 4.38. The molecule has 3 heteroatoms. The summed E-state index contributed by atoms with van der Waals surface area (Å²) in [6, 6.07) is 10.6. The van der Waals surface area contributed by atoms with Crippen molar-refractivity contribution in [1.29, 1.82) is 0 Å². The summed E-state index contributed by atoms with van der Waals surface area (Å²) in [5.74, 6) is 1.24. The summed E-state index contributed by atoms with van der Waals surface area (Å²) in [6.07, 6.45) is 4.87. The molecule has 0 unspecified atom stereocenters. The number of ether oxygens (including phenoxy) is 1. The number of nitrogens with zero attached hydrogens (tertiary/aromatic N) is 1. The van der Waals surface area contributed by atoms with Crippen molar-refractivity contribution < 1.29 is 9.13 Å². The normalized spacial score (nSPS) is 24.4. The van der Waals surface area contributed by atoms with Gasteiger partial charge in [-0.25, -0.2) is 4.39 Å². The van der Waals surface area contributed by atoms with E-state index < -0.39 is 0 Å². The molecule has 1 saturated carbocycles. The summed E-state index contributed by atoms with van der Waals surface area (Å²) in [7, 11) is 0. The molecule has 1 fully saturated rings. The van der Waals surface area contributed by atoms with Crippen LogP contribution in [0, 0.1) is 18.7 Å². The molecular formula is C18H20FNO. The topological polar surface area (TPSA) is 22.1 Å². The average Bonchev–Trinajstić information content (AvgIpc) is 2.45. The van der Waals surface area contributed by atoms with Crippen molar-refractivity contribution in [2.75, 3.05) is 0 Å². The summed E-state index contributed by atoms with van der Waals surface area (Å²) >= 11 is 0. The van der Waals surface area contributed by atoms with Crippen molar-refractivity contribution in [2.24, 2.45) is 5.92 Å². The molecule has 2 aromatic rings. The molecule has 0 spiro atoms. The predicted molar refractivity (Wildman–Crippen MR) is 80.7 cm³/mol. The Balaban J connectivity index is 1.87. The highest BCUT2D eigenvalue weighted by atomic mass is 19.1. The van der Waals surface area contributed by atoms with Gasteiger partial charge in [0, 0.05) is 5.69 Å². The maximum Gasteiger partial charge on any atom is 0.138 e. The smallest absolute Gasteiger partial charge is 0.138 e. The Bertz CT molecular complexity index is 600. The van der Waals surface area contributed by atoms with Gasteiger partial charge in [-0.3, -0.25) is 4.98 Å². The first-order valence-corrected chi connectivity index (χ1v) is 7.49. The van der Waals surface area contributed by atoms with Crippen LogP contribution >= 0.6 is 0 Å². The highest BCUT2D eigenvalue weighted by Crippen LogP contribution is 2.50. The SMILES string of the molecule is CCC1CC(Oc2ccc(C)nc2)(c2ccc(F)cc2)C1. The molecule has 1 aliphatic rings. The van der Waals surface area contributed by atoms with E-state index in [4.69, 9.17) is 4.74 Å². The van der Waals surface area contributed by atoms with E-state index >= 15 is 0 Å². The second-order valence-corrected chi connectivity index (χ2v) is 5.92. The van der Waals surface area contributed by atoms with Gasteiger partial charge in [0.1, 0.15) is 17.2 Å². The van der Waals surface area contributed by atoms with E-state index in [1.807, 2.05) is 31.2 Å². The van der Waals surface area contributed by atoms with E-state index in [2.05, 4.69) is 11.9 Å². The first kappa shape index (κ1) is 14.1. The standard InChI is InChI=1S/C18H20FNO/c1-3-14-10-18(11-14,15-5-7-16(19)8-6-15)21-17-9-4-13(2)20-12-17/h4-9,12,14H,3,10-11H2,1-2H3. The third-order valence-electron chi connectivity index (χ3n) is 4.38. The van der Waals surface area contributed by atoms with Crippen molar-refractivity contribution in [3.63, 3.8) is 0 Å². The lowest BCUT2D eigenvalue weighted by Gasteiger charge is -2.47. The van der Waals surface area contributed by atoms with Crippen LogP contribution in [0.1, 0.15) is 37.4 Å². The summed E-state index contributed by atoms with van der Waals surface area (Å²) in [5, 5.41) is 0. The van der Waals surface area contributed by atoms with Gasteiger partial charge in [-0.1, -0.05) is 25.5 Å². The molecule has 110 valence electrons. The molecule has 1 heterocycles. The molecule has 0 amide bonds. The van der Waals surface area contributed by atoms with Crippen molar-refractivity contribution in [1.82, 2.24) is 4.98 Å². The minimum Gasteiger partial charge on any atom is -0.481 e. The van der Waals surface area contributed by atoms with Crippen LogP contribution in [0.3, 0.4) is 0 Å². The van der Waals surface area contributed by atoms with Gasteiger partial charge in [-0.15, -0.1) is 0 Å². The molecule has 0 N–H and O–H groups in total. The molecule has 3 rings (SSSR count). The Morgan fingerprint density at radius 1 is 1.19 bits per heavy atom. The predicted octanol–water partition coefficient (Wildman–Crippen LogP) is 4.62. The zero-order valence-corrected chi connectivity index (χ0v) is 12.5. The number of rotatable bonds is 4. The summed E-state index contributed by atoms with van der Waals surface area (Å²) < 4.78 is 19.4. The average molecular weight is 285 g/mol. The van der Waals surface area contributed by atoms with Crippen LogP contribution in [0.2, 0.25) is 0 Å². The quantitative estimate of drug-likeness (QED) is 0.817. The first-order valence-electron chi connectivity index (χ1n) is 7.49. The molecular weight excluding hydrogens is 265 g/mol. The Hall–Kier alpha value is -1.90. The van der Waals surface area contributed by atoms with Gasteiger partial charge in [0.2, 0.25) is 0 Å². The second-order valence-electron chi connectivity index (χ2n) is 5.92. The van der Waals surface area contributed by atoms with Crippen LogP contribution in [0.4, 0.5) is 4.39 Å². The van der Waals surface area contributed by atoms with E-state index in [-0.39, 0.29) is 11.4 Å². The van der Waals surface area contributed by atoms with Crippen LogP contribution in [-0.4, -0.2) is 4.98 Å². The van der Waals surface area contributed by atoms with Gasteiger partial charge < -0.3 is 4.74 Å². The number of halogens is 1. The lowest BCUT2D eigenvalue weighted by Crippen LogP contribution is -2.46. The Morgan fingerprint density at radius 3 is 2.48 bits per heavy atom. The second kappa shape index (κ2) is 5.47. The Kier molecular flexibility index (Phi) is 3.66. The molecule has 0 saturated heterocycles. The van der Waals surface area contributed by atoms with Gasteiger partial charge in [0.15, 0.2) is 0 Å². The number of hydrogen-bond donors (Lipinski definition) is 0. The maximum absolute atomic E-state index is 13.2. The molecule has 0 radical (unpaired) electrons. The molecule has 1 aliphatic carbocycles. The van der Waals surface area contributed by atoms with Crippen LogP contribution in [0.5, 0.6) is 5.75 Å². The van der Waals surface area contributed by atoms with Crippen LogP contribution < -0.4 is 4.74 Å². The number of aromatic nitrogens is 1. The summed E-state index contributed by atoms with van der Waals surface area (Å²) in [6.45, 7) is 4.16. The zero-order chi connectivity index (χ0) is 14.9. The fraction of sp³-hybridized carbons (Fsp3) is 0.389. The van der Waals surface area contributed by atoms with Crippen molar-refractivity contribution in [2.45, 2.75) is 38.7 Å². The third kappa shape index (κ3) is 2.78. The first-order chi connectivity index (χ1) is 10.1. The Labute approximate surface area is 125 Å². The highest BCUT2D eigenvalue weighted by molar-refractivity contribution is 5.30. The summed E-state index contributed by atoms with van der Waals surface area (Å²) in [5.41, 5.74) is 1.69. The van der Waals surface area contributed by atoms with Gasteiger partial charge in [0.25, 0.3) is 0 Å². The van der Waals surface area contributed by atoms with E-state index in [1.54, 1.807) is 6.20 Å². The molecule has 0 bridgehead atoms. The number of pyridine rings is 1. The molecule has 0 atom stereocenters. The molecule has 21 heavy (non-hydrogen) atoms. The fourth-order valence-corrected chi connectivity index (χ4v) is 3.03. The van der Waals surface area contributed by atoms with Gasteiger partial charge in [-0.05, 0) is 55.5 Å². The van der Waals surface area contributed by atoms with Crippen LogP contribution in [0.15, 0.2) is 42.6 Å². The van der Waals surface area contributed by atoms with Crippen molar-refractivity contribution in [3.05, 3.63) is 59.7 Å². The van der Waals surface area contributed by atoms with Crippen LogP contribution in [-0.2, 0) is 5.60 Å². The van der Waals surface area contributed by atoms with E-state index in [9.17, 15) is 4.39 Å². The highest BCUT2D eigenvalue weighted by Gasteiger charge is 2.47. The Morgan fingerprint density at radius 2 is 1.90 bits per heavy atom. The molecule has 2 nitrogen and oxygen atoms in total. The minimum absolute atomic E-state index is 0.211. The van der Waals surface area contributed by atoms with Gasteiger partial charge >= 0.3 is 0 Å². The number of benzene rings is 1. The fourth-order valence-electron chi connectivity index (χ4n) is 3.03. The summed E-state index contributed by atoms with van der Waals surface area (Å²) in [4.78, 5) is 4.28. The van der Waals surface area contributed by atoms with Crippen molar-refractivity contribution >= 4 is 0 Å². The molecule has 1 aromatic carbocycles. The maximum atomic E-state index is 13.2. The minimum atomic E-state index is -0.328. The zero-order valence-electron chi connectivity index (χ0n) is 12.5. The monoisotopic (exact) mass is 285 g/mol. The van der Waals surface area contributed by atoms with E-state index in [0.717, 1.165) is 36.3 Å². The lowest BCUT2D eigenvalue weighted by molar-refractivity contribution is -0.0572. The van der Waals surface area contributed by atoms with E-state index in [0.29, 0.717) is 5.92 Å². The lowest BCUT2D eigenvalue weighted by atomic mass is 9.66. The number of aryl methyl sites for hydroxylation is 1. The molecule has 0 aliphatic heterocycles. The van der Waals surface area contributed by atoms with E-state index in [1.165, 1.54) is 12.1 Å². The van der Waals surface area contributed by atoms with Gasteiger partial charge in [0.05, 0.1) is 6.20 Å². The van der Waals surface area contributed by atoms with Crippen molar-refractivity contribution in [3.8, 4) is 5.75 Å². The van der Waals surface area contributed by atoms with Crippen LogP contribution in [0.25, 0.3) is 0 Å².